The molecule has 0 N–H and O–H groups in total. The van der Waals surface area contributed by atoms with Crippen LogP contribution >= 0.6 is 0 Å². The number of ether oxygens (including phenoxy) is 1. The first kappa shape index (κ1) is 18.3. The van der Waals surface area contributed by atoms with Gasteiger partial charge in [0, 0.05) is 0 Å². The highest BCUT2D eigenvalue weighted by molar-refractivity contribution is 6.37. The van der Waals surface area contributed by atoms with Crippen LogP contribution in [0.1, 0.15) is 13.3 Å². The van der Waals surface area contributed by atoms with Gasteiger partial charge < -0.3 is 10.3 Å². The van der Waals surface area contributed by atoms with Gasteiger partial charge in [0.2, 0.25) is 5.69 Å². The third-order valence-electron chi connectivity index (χ3n) is 2.77. The summed E-state index contributed by atoms with van der Waals surface area (Å²) in [5, 5.41) is 33.0. The van der Waals surface area contributed by atoms with Gasteiger partial charge in [-0.2, -0.15) is 9.78 Å². The molecule has 1 rings (SSSR count). The Kier molecular flexibility index (Phi) is 5.73. The fraction of sp³-hybridized carbons (Fsp3) is 0.273. The summed E-state index contributed by atoms with van der Waals surface area (Å²) in [6.45, 7) is 1.56. The fourth-order valence-electron chi connectivity index (χ4n) is 1.68. The molecule has 0 heterocycles. The molecule has 0 unspecified atom stereocenters. The van der Waals surface area contributed by atoms with E-state index in [1.54, 1.807) is 6.92 Å². The topological polar surface area (TPSA) is 187 Å². The van der Waals surface area contributed by atoms with Crippen molar-refractivity contribution in [2.45, 2.75) is 13.3 Å². The Morgan fingerprint density at radius 1 is 1.17 bits per heavy atom. The summed E-state index contributed by atoms with van der Waals surface area (Å²) in [7, 11) is 1.11. The maximum atomic E-state index is 11.1. The second-order valence-electron chi connectivity index (χ2n) is 4.13. The van der Waals surface area contributed by atoms with E-state index in [2.05, 4.69) is 9.78 Å². The van der Waals surface area contributed by atoms with E-state index in [0.717, 1.165) is 7.11 Å². The van der Waals surface area contributed by atoms with Gasteiger partial charge in [0.15, 0.2) is 0 Å². The molecule has 0 bridgehead atoms. The molecule has 1 aromatic rings. The Morgan fingerprint density at radius 3 is 1.96 bits per heavy atom. The number of nitrogens with zero attached hydrogens (tertiary/aromatic N) is 6. The Balaban J connectivity index is 3.84. The van der Waals surface area contributed by atoms with Crippen molar-refractivity contribution in [1.82, 2.24) is 0 Å². The lowest BCUT2D eigenvalue weighted by atomic mass is 10.2. The van der Waals surface area contributed by atoms with E-state index in [1.165, 1.54) is 0 Å². The van der Waals surface area contributed by atoms with Crippen molar-refractivity contribution in [1.29, 1.82) is 0 Å². The Labute approximate surface area is 133 Å². The largest absolute Gasteiger partial charge is 0.476 e. The van der Waals surface area contributed by atoms with E-state index in [9.17, 15) is 30.3 Å². The van der Waals surface area contributed by atoms with E-state index < -0.39 is 43.4 Å². The standard InChI is InChI=1S/C11H10N6O7/c1-3-7(14-12)11(24-2)13-10-8(16(20)21)4-6(15(18)19)5-9(10)17(22)23/h4-5H,3H2,1-2H3. The number of benzene rings is 1. The molecule has 0 aromatic heterocycles. The highest BCUT2D eigenvalue weighted by Crippen LogP contribution is 2.40. The van der Waals surface area contributed by atoms with E-state index in [-0.39, 0.29) is 12.1 Å². The maximum absolute atomic E-state index is 11.1. The molecule has 0 fully saturated rings. The van der Waals surface area contributed by atoms with E-state index >= 15 is 0 Å². The van der Waals surface area contributed by atoms with E-state index in [4.69, 9.17) is 10.3 Å². The number of nitro groups is 3. The van der Waals surface area contributed by atoms with Gasteiger partial charge in [-0.05, 0) is 0 Å². The van der Waals surface area contributed by atoms with Crippen molar-refractivity contribution in [3.05, 3.63) is 48.0 Å². The lowest BCUT2D eigenvalue weighted by Gasteiger charge is -2.02. The summed E-state index contributed by atoms with van der Waals surface area (Å²) in [5.41, 5.74) is 5.21. The summed E-state index contributed by atoms with van der Waals surface area (Å²) >= 11 is 0. The molecule has 0 spiro atoms. The monoisotopic (exact) mass is 338 g/mol. The van der Waals surface area contributed by atoms with Crippen LogP contribution in [0.2, 0.25) is 0 Å². The molecule has 13 heteroatoms. The van der Waals surface area contributed by atoms with Crippen LogP contribution in [-0.2, 0) is 4.74 Å². The Hall–Kier alpha value is -3.73. The average molecular weight is 338 g/mol. The van der Waals surface area contributed by atoms with Crippen molar-refractivity contribution in [3.63, 3.8) is 0 Å². The van der Waals surface area contributed by atoms with Gasteiger partial charge in [0.1, 0.15) is 0 Å². The first-order chi connectivity index (χ1) is 11.3. The highest BCUT2D eigenvalue weighted by Gasteiger charge is 2.32. The van der Waals surface area contributed by atoms with Crippen LogP contribution in [0, 0.1) is 30.3 Å². The molecule has 1 aromatic carbocycles. The van der Waals surface area contributed by atoms with Crippen molar-refractivity contribution in [2.75, 3.05) is 7.11 Å². The quantitative estimate of drug-likeness (QED) is 0.189. The van der Waals surface area contributed by atoms with Crippen molar-refractivity contribution in [3.8, 4) is 0 Å². The van der Waals surface area contributed by atoms with Crippen LogP contribution in [0.25, 0.3) is 5.53 Å². The number of rotatable bonds is 6. The number of nitro benzene ring substituents is 3. The van der Waals surface area contributed by atoms with Crippen LogP contribution in [-0.4, -0.2) is 38.3 Å². The Bertz CT molecular complexity index is 761. The minimum Gasteiger partial charge on any atom is -0.476 e. The number of methoxy groups -OCH3 is 1. The minimum atomic E-state index is -1.05. The zero-order valence-electron chi connectivity index (χ0n) is 12.4. The summed E-state index contributed by atoms with van der Waals surface area (Å²) in [4.78, 5) is 36.5. The smallest absolute Gasteiger partial charge is 0.353 e. The van der Waals surface area contributed by atoms with E-state index in [0.29, 0.717) is 12.1 Å². The molecule has 0 aliphatic rings. The number of hydrogen-bond acceptors (Lipinski definition) is 8. The molecule has 0 aliphatic carbocycles. The van der Waals surface area contributed by atoms with Crippen LogP contribution in [0.15, 0.2) is 17.1 Å². The van der Waals surface area contributed by atoms with Gasteiger partial charge in [-0.1, -0.05) is 6.92 Å². The predicted octanol–water partition coefficient (Wildman–Crippen LogP) is 2.17. The molecule has 0 saturated carbocycles. The number of non-ortho nitro benzene ring substituents is 1. The predicted molar refractivity (Wildman–Crippen MR) is 79.4 cm³/mol. The Morgan fingerprint density at radius 2 is 1.67 bits per heavy atom. The van der Waals surface area contributed by atoms with Gasteiger partial charge in [-0.25, -0.2) is 0 Å². The third-order valence-corrected chi connectivity index (χ3v) is 2.77. The highest BCUT2D eigenvalue weighted by atomic mass is 16.6. The fourth-order valence-corrected chi connectivity index (χ4v) is 1.68. The van der Waals surface area contributed by atoms with Gasteiger partial charge in [-0.15, -0.1) is 0 Å². The van der Waals surface area contributed by atoms with Crippen molar-refractivity contribution in [2.24, 2.45) is 4.99 Å². The third kappa shape index (κ3) is 3.72. The normalized spacial score (nSPS) is 10.7. The molecule has 126 valence electrons. The molecule has 13 nitrogen and oxygen atoms in total. The molecule has 0 atom stereocenters. The van der Waals surface area contributed by atoms with Crippen molar-refractivity contribution >= 4 is 34.4 Å². The lowest BCUT2D eigenvalue weighted by molar-refractivity contribution is -0.402. The average Bonchev–Trinajstić information content (AvgIpc) is 2.53. The summed E-state index contributed by atoms with van der Waals surface area (Å²) < 4.78 is 4.83. The van der Waals surface area contributed by atoms with Gasteiger partial charge in [-0.3, -0.25) is 30.3 Å². The van der Waals surface area contributed by atoms with E-state index in [1.807, 2.05) is 0 Å². The van der Waals surface area contributed by atoms with Gasteiger partial charge in [0.25, 0.3) is 5.69 Å². The van der Waals surface area contributed by atoms with Gasteiger partial charge in [0.05, 0.1) is 40.4 Å². The van der Waals surface area contributed by atoms with Crippen molar-refractivity contribution < 1.29 is 24.3 Å². The molecular weight excluding hydrogens is 328 g/mol. The summed E-state index contributed by atoms with van der Waals surface area (Å²) in [6.07, 6.45) is 0.109. The van der Waals surface area contributed by atoms with Crippen LogP contribution in [0.4, 0.5) is 22.7 Å². The summed E-state index contributed by atoms with van der Waals surface area (Å²) in [5.74, 6) is -0.403. The first-order valence-electron chi connectivity index (χ1n) is 6.21. The molecular formula is C11H10N6O7. The number of hydrogen-bond donors (Lipinski definition) is 0. The first-order valence-corrected chi connectivity index (χ1v) is 6.21. The van der Waals surface area contributed by atoms with Gasteiger partial charge >= 0.3 is 23.0 Å². The molecule has 0 amide bonds. The molecule has 0 aliphatic heterocycles. The maximum Gasteiger partial charge on any atom is 0.353 e. The second-order valence-corrected chi connectivity index (χ2v) is 4.13. The summed E-state index contributed by atoms with van der Waals surface area (Å²) in [6, 6.07) is 1.08. The molecule has 24 heavy (non-hydrogen) atoms. The second kappa shape index (κ2) is 7.51. The minimum absolute atomic E-state index is 0.109. The van der Waals surface area contributed by atoms with Crippen LogP contribution in [0.3, 0.4) is 0 Å². The number of aliphatic imine (C=N–C) groups is 1. The lowest BCUT2D eigenvalue weighted by Crippen LogP contribution is -2.16. The van der Waals surface area contributed by atoms with Crippen LogP contribution in [0.5, 0.6) is 0 Å². The van der Waals surface area contributed by atoms with Crippen LogP contribution < -0.4 is 0 Å². The SMILES string of the molecule is CCC(=[N+]=[N-])C(=Nc1c([N+](=O)[O-])cc([N+](=O)[O-])cc1[N+](=O)[O-])OC. The molecule has 0 saturated heterocycles. The zero-order valence-corrected chi connectivity index (χ0v) is 12.4. The molecule has 0 radical (unpaired) electrons. The zero-order chi connectivity index (χ0) is 18.4.